The topological polar surface area (TPSA) is 55.1 Å². The number of carbonyl (C=O) groups excluding carboxylic acids is 1. The summed E-state index contributed by atoms with van der Waals surface area (Å²) >= 11 is 12.0. The van der Waals surface area contributed by atoms with Crippen LogP contribution < -0.4 is 5.32 Å². The monoisotopic (exact) mass is 410 g/mol. The number of amides is 1. The summed E-state index contributed by atoms with van der Waals surface area (Å²) in [6.45, 7) is 4.08. The quantitative estimate of drug-likeness (QED) is 0.410. The van der Waals surface area contributed by atoms with E-state index in [0.29, 0.717) is 27.2 Å². The standard InChI is InChI=1S/C22H16Cl2N2O2/c1-12-8-19-20(9-13(12)2)28-22(26-19)14-4-3-5-16(10-14)25-21(27)17-7-6-15(23)11-18(17)24/h3-11H,1-2H3,(H,25,27). The molecule has 6 heteroatoms. The molecule has 0 aliphatic carbocycles. The van der Waals surface area contributed by atoms with Crippen molar-refractivity contribution in [2.45, 2.75) is 13.8 Å². The lowest BCUT2D eigenvalue weighted by Gasteiger charge is -2.08. The van der Waals surface area contributed by atoms with Gasteiger partial charge in [0.05, 0.1) is 10.6 Å². The van der Waals surface area contributed by atoms with Crippen molar-refractivity contribution >= 4 is 45.9 Å². The number of nitrogens with one attached hydrogen (secondary N) is 1. The van der Waals surface area contributed by atoms with Crippen molar-refractivity contribution in [3.63, 3.8) is 0 Å². The van der Waals surface area contributed by atoms with Crippen LogP contribution in [0.1, 0.15) is 21.5 Å². The number of aryl methyl sites for hydroxylation is 2. The number of nitrogens with zero attached hydrogens (tertiary/aromatic N) is 1. The minimum absolute atomic E-state index is 0.297. The first-order valence-corrected chi connectivity index (χ1v) is 9.41. The molecule has 140 valence electrons. The normalized spacial score (nSPS) is 11.0. The highest BCUT2D eigenvalue weighted by Crippen LogP contribution is 2.28. The van der Waals surface area contributed by atoms with E-state index in [-0.39, 0.29) is 5.91 Å². The third-order valence-electron chi connectivity index (χ3n) is 4.55. The lowest BCUT2D eigenvalue weighted by molar-refractivity contribution is 0.102. The Bertz CT molecular complexity index is 1180. The fraction of sp³-hybridized carbons (Fsp3) is 0.0909. The van der Waals surface area contributed by atoms with E-state index in [9.17, 15) is 4.79 Å². The van der Waals surface area contributed by atoms with Crippen molar-refractivity contribution in [3.05, 3.63) is 81.3 Å². The summed E-state index contributed by atoms with van der Waals surface area (Å²) in [5.41, 5.74) is 5.59. The van der Waals surface area contributed by atoms with Gasteiger partial charge in [0, 0.05) is 16.3 Å². The van der Waals surface area contributed by atoms with Crippen LogP contribution >= 0.6 is 23.2 Å². The SMILES string of the molecule is Cc1cc2nc(-c3cccc(NC(=O)c4ccc(Cl)cc4Cl)c3)oc2cc1C. The van der Waals surface area contributed by atoms with Crippen LogP contribution in [0.4, 0.5) is 5.69 Å². The second kappa shape index (κ2) is 7.30. The number of hydrogen-bond acceptors (Lipinski definition) is 3. The highest BCUT2D eigenvalue weighted by Gasteiger charge is 2.13. The van der Waals surface area contributed by atoms with E-state index in [1.165, 1.54) is 6.07 Å². The molecule has 4 aromatic rings. The van der Waals surface area contributed by atoms with Gasteiger partial charge in [-0.05, 0) is 73.5 Å². The van der Waals surface area contributed by atoms with Gasteiger partial charge in [-0.25, -0.2) is 4.98 Å². The maximum absolute atomic E-state index is 12.5. The maximum atomic E-state index is 12.5. The number of fused-ring (bicyclic) bond motifs is 1. The molecule has 0 aliphatic heterocycles. The van der Waals surface area contributed by atoms with Gasteiger partial charge in [0.1, 0.15) is 5.52 Å². The number of rotatable bonds is 3. The summed E-state index contributed by atoms with van der Waals surface area (Å²) in [6, 6.07) is 16.1. The smallest absolute Gasteiger partial charge is 0.257 e. The zero-order valence-electron chi connectivity index (χ0n) is 15.2. The molecule has 1 N–H and O–H groups in total. The van der Waals surface area contributed by atoms with Crippen LogP contribution in [0, 0.1) is 13.8 Å². The molecular weight excluding hydrogens is 395 g/mol. The van der Waals surface area contributed by atoms with Crippen LogP contribution in [-0.4, -0.2) is 10.9 Å². The molecule has 0 aliphatic rings. The summed E-state index contributed by atoms with van der Waals surface area (Å²) in [5.74, 6) is 0.184. The Morgan fingerprint density at radius 1 is 1.00 bits per heavy atom. The van der Waals surface area contributed by atoms with Crippen molar-refractivity contribution in [1.82, 2.24) is 4.98 Å². The van der Waals surface area contributed by atoms with Crippen molar-refractivity contribution in [2.75, 3.05) is 5.32 Å². The number of carbonyl (C=O) groups is 1. The lowest BCUT2D eigenvalue weighted by Crippen LogP contribution is -2.12. The fourth-order valence-electron chi connectivity index (χ4n) is 2.91. The van der Waals surface area contributed by atoms with Gasteiger partial charge in [0.15, 0.2) is 5.58 Å². The van der Waals surface area contributed by atoms with E-state index in [2.05, 4.69) is 10.3 Å². The van der Waals surface area contributed by atoms with Gasteiger partial charge in [-0.1, -0.05) is 29.3 Å². The first-order valence-electron chi connectivity index (χ1n) is 8.65. The van der Waals surface area contributed by atoms with Crippen LogP contribution in [0.2, 0.25) is 10.0 Å². The zero-order valence-corrected chi connectivity index (χ0v) is 16.7. The summed E-state index contributed by atoms with van der Waals surface area (Å²) in [7, 11) is 0. The number of hydrogen-bond donors (Lipinski definition) is 1. The molecule has 0 atom stereocenters. The Balaban J connectivity index is 1.63. The summed E-state index contributed by atoms with van der Waals surface area (Å²) < 4.78 is 5.91. The Morgan fingerprint density at radius 3 is 2.57 bits per heavy atom. The largest absolute Gasteiger partial charge is 0.436 e. The van der Waals surface area contributed by atoms with E-state index in [1.54, 1.807) is 18.2 Å². The van der Waals surface area contributed by atoms with Gasteiger partial charge in [0.25, 0.3) is 5.91 Å². The average Bonchev–Trinajstić information content (AvgIpc) is 3.05. The molecule has 28 heavy (non-hydrogen) atoms. The molecule has 1 heterocycles. The molecule has 1 amide bonds. The fourth-order valence-corrected chi connectivity index (χ4v) is 3.40. The molecule has 0 saturated heterocycles. The average molecular weight is 411 g/mol. The molecule has 3 aromatic carbocycles. The Labute approximate surface area is 172 Å². The summed E-state index contributed by atoms with van der Waals surface area (Å²) in [6.07, 6.45) is 0. The third kappa shape index (κ3) is 3.61. The van der Waals surface area contributed by atoms with Crippen molar-refractivity contribution < 1.29 is 9.21 Å². The van der Waals surface area contributed by atoms with Crippen LogP contribution in [0.25, 0.3) is 22.6 Å². The molecule has 0 bridgehead atoms. The molecular formula is C22H16Cl2N2O2. The highest BCUT2D eigenvalue weighted by molar-refractivity contribution is 6.37. The van der Waals surface area contributed by atoms with Crippen LogP contribution in [0.3, 0.4) is 0 Å². The third-order valence-corrected chi connectivity index (χ3v) is 5.09. The first-order chi connectivity index (χ1) is 13.4. The molecule has 4 nitrogen and oxygen atoms in total. The number of anilines is 1. The summed E-state index contributed by atoms with van der Waals surface area (Å²) in [4.78, 5) is 17.1. The van der Waals surface area contributed by atoms with E-state index < -0.39 is 0 Å². The van der Waals surface area contributed by atoms with Gasteiger partial charge >= 0.3 is 0 Å². The van der Waals surface area contributed by atoms with Crippen LogP contribution in [0.5, 0.6) is 0 Å². The minimum atomic E-state index is -0.317. The minimum Gasteiger partial charge on any atom is -0.436 e. The van der Waals surface area contributed by atoms with Gasteiger partial charge < -0.3 is 9.73 Å². The first kappa shape index (κ1) is 18.5. The Morgan fingerprint density at radius 2 is 1.79 bits per heavy atom. The molecule has 0 fully saturated rings. The lowest BCUT2D eigenvalue weighted by atomic mass is 10.1. The molecule has 0 radical (unpaired) electrons. The Hall–Kier alpha value is -2.82. The molecule has 1 aromatic heterocycles. The van der Waals surface area contributed by atoms with E-state index in [4.69, 9.17) is 27.6 Å². The summed E-state index contributed by atoms with van der Waals surface area (Å²) in [5, 5.41) is 3.62. The van der Waals surface area contributed by atoms with Gasteiger partial charge in [-0.3, -0.25) is 4.79 Å². The second-order valence-electron chi connectivity index (χ2n) is 6.58. The van der Waals surface area contributed by atoms with Crippen LogP contribution in [-0.2, 0) is 0 Å². The highest BCUT2D eigenvalue weighted by atomic mass is 35.5. The molecule has 4 rings (SSSR count). The molecule has 0 saturated carbocycles. The number of oxazole rings is 1. The van der Waals surface area contributed by atoms with Crippen molar-refractivity contribution in [3.8, 4) is 11.5 Å². The number of halogens is 2. The van der Waals surface area contributed by atoms with Crippen molar-refractivity contribution in [2.24, 2.45) is 0 Å². The van der Waals surface area contributed by atoms with E-state index >= 15 is 0 Å². The van der Waals surface area contributed by atoms with Gasteiger partial charge in [0.2, 0.25) is 5.89 Å². The predicted molar refractivity (Wildman–Crippen MR) is 113 cm³/mol. The van der Waals surface area contributed by atoms with Gasteiger partial charge in [-0.15, -0.1) is 0 Å². The Kier molecular flexibility index (Phi) is 4.84. The maximum Gasteiger partial charge on any atom is 0.257 e. The van der Waals surface area contributed by atoms with E-state index in [1.807, 2.05) is 44.2 Å². The zero-order chi connectivity index (χ0) is 19.8. The van der Waals surface area contributed by atoms with Crippen molar-refractivity contribution in [1.29, 1.82) is 0 Å². The number of aromatic nitrogens is 1. The molecule has 0 unspecified atom stereocenters. The van der Waals surface area contributed by atoms with Gasteiger partial charge in [-0.2, -0.15) is 0 Å². The van der Waals surface area contributed by atoms with E-state index in [0.717, 1.165) is 27.8 Å². The molecule has 0 spiro atoms. The predicted octanol–water partition coefficient (Wildman–Crippen LogP) is 6.67. The number of benzene rings is 3. The second-order valence-corrected chi connectivity index (χ2v) is 7.43. The van der Waals surface area contributed by atoms with Crippen LogP contribution in [0.15, 0.2) is 59.0 Å².